The molecule has 1 heterocycles. The van der Waals surface area contributed by atoms with Crippen LogP contribution < -0.4 is 5.73 Å². The molecule has 1 aliphatic carbocycles. The summed E-state index contributed by atoms with van der Waals surface area (Å²) in [5.41, 5.74) is 6.50. The average molecular weight is 247 g/mol. The summed E-state index contributed by atoms with van der Waals surface area (Å²) < 4.78 is 5.20. The molecule has 17 heavy (non-hydrogen) atoms. The minimum atomic E-state index is 0.522. The fraction of sp³-hybridized carbons (Fsp3) is 0.333. The van der Waals surface area contributed by atoms with Gasteiger partial charge in [-0.2, -0.15) is 4.98 Å². The maximum atomic E-state index is 5.72. The van der Waals surface area contributed by atoms with E-state index in [9.17, 15) is 0 Å². The van der Waals surface area contributed by atoms with Gasteiger partial charge in [-0.3, -0.25) is 0 Å². The second-order valence-corrected chi connectivity index (χ2v) is 5.23. The predicted molar refractivity (Wildman–Crippen MR) is 66.7 cm³/mol. The highest BCUT2D eigenvalue weighted by Gasteiger charge is 2.29. The van der Waals surface area contributed by atoms with E-state index >= 15 is 0 Å². The van der Waals surface area contributed by atoms with Crippen molar-refractivity contribution in [3.05, 3.63) is 36.0 Å². The van der Waals surface area contributed by atoms with E-state index < -0.39 is 0 Å². The molecular formula is C12H13N3OS. The Morgan fingerprint density at radius 1 is 1.41 bits per heavy atom. The standard InChI is InChI=1S/C12H13N3OS/c13-9-2-1-3-10(6-9)17-7-11-14-12(16-15-11)8-4-5-8/h1-3,6,8H,4-5,7,13H2. The summed E-state index contributed by atoms with van der Waals surface area (Å²) >= 11 is 1.67. The average Bonchev–Trinajstić information content (AvgIpc) is 3.07. The van der Waals surface area contributed by atoms with Gasteiger partial charge in [0.25, 0.3) is 0 Å². The van der Waals surface area contributed by atoms with E-state index in [1.807, 2.05) is 24.3 Å². The van der Waals surface area contributed by atoms with Gasteiger partial charge in [0.2, 0.25) is 5.89 Å². The molecule has 0 spiro atoms. The Labute approximate surface area is 104 Å². The van der Waals surface area contributed by atoms with Crippen molar-refractivity contribution in [1.82, 2.24) is 10.1 Å². The number of nitrogens with zero attached hydrogens (tertiary/aromatic N) is 2. The van der Waals surface area contributed by atoms with Gasteiger partial charge in [-0.25, -0.2) is 0 Å². The number of nitrogens with two attached hydrogens (primary N) is 1. The molecule has 3 rings (SSSR count). The Morgan fingerprint density at radius 2 is 2.29 bits per heavy atom. The largest absolute Gasteiger partial charge is 0.399 e. The number of hydrogen-bond donors (Lipinski definition) is 1. The summed E-state index contributed by atoms with van der Waals surface area (Å²) in [7, 11) is 0. The summed E-state index contributed by atoms with van der Waals surface area (Å²) in [5, 5.41) is 3.98. The molecule has 1 fully saturated rings. The minimum Gasteiger partial charge on any atom is -0.399 e. The second kappa shape index (κ2) is 4.41. The van der Waals surface area contributed by atoms with Crippen LogP contribution >= 0.6 is 11.8 Å². The quantitative estimate of drug-likeness (QED) is 0.664. The van der Waals surface area contributed by atoms with Gasteiger partial charge in [0, 0.05) is 16.5 Å². The van der Waals surface area contributed by atoms with Crippen molar-refractivity contribution >= 4 is 17.4 Å². The van der Waals surface area contributed by atoms with Crippen LogP contribution in [0.5, 0.6) is 0 Å². The Morgan fingerprint density at radius 3 is 3.06 bits per heavy atom. The van der Waals surface area contributed by atoms with Crippen molar-refractivity contribution in [2.24, 2.45) is 0 Å². The molecule has 2 aromatic rings. The topological polar surface area (TPSA) is 64.9 Å². The van der Waals surface area contributed by atoms with Crippen LogP contribution in [0.3, 0.4) is 0 Å². The summed E-state index contributed by atoms with van der Waals surface area (Å²) in [6.07, 6.45) is 2.37. The smallest absolute Gasteiger partial charge is 0.229 e. The molecule has 88 valence electrons. The van der Waals surface area contributed by atoms with Gasteiger partial charge in [0.1, 0.15) is 0 Å². The maximum absolute atomic E-state index is 5.72. The van der Waals surface area contributed by atoms with Crippen molar-refractivity contribution < 1.29 is 4.52 Å². The molecular weight excluding hydrogens is 234 g/mol. The van der Waals surface area contributed by atoms with Crippen molar-refractivity contribution in [3.63, 3.8) is 0 Å². The second-order valence-electron chi connectivity index (χ2n) is 4.18. The summed E-state index contributed by atoms with van der Waals surface area (Å²) in [6, 6.07) is 7.81. The molecule has 5 heteroatoms. The molecule has 0 amide bonds. The number of rotatable bonds is 4. The zero-order valence-corrected chi connectivity index (χ0v) is 10.1. The van der Waals surface area contributed by atoms with Crippen LogP contribution in [0.2, 0.25) is 0 Å². The van der Waals surface area contributed by atoms with Gasteiger partial charge >= 0.3 is 0 Å². The highest BCUT2D eigenvalue weighted by atomic mass is 32.2. The number of aromatic nitrogens is 2. The zero-order valence-electron chi connectivity index (χ0n) is 9.30. The Hall–Kier alpha value is -1.49. The number of hydrogen-bond acceptors (Lipinski definition) is 5. The normalized spacial score (nSPS) is 15.1. The molecule has 0 saturated heterocycles. The molecule has 0 bridgehead atoms. The van der Waals surface area contributed by atoms with E-state index in [2.05, 4.69) is 10.1 Å². The van der Waals surface area contributed by atoms with Crippen molar-refractivity contribution in [2.75, 3.05) is 5.73 Å². The minimum absolute atomic E-state index is 0.522. The predicted octanol–water partition coefficient (Wildman–Crippen LogP) is 2.82. The lowest BCUT2D eigenvalue weighted by atomic mass is 10.3. The van der Waals surface area contributed by atoms with E-state index in [-0.39, 0.29) is 0 Å². The van der Waals surface area contributed by atoms with Gasteiger partial charge in [-0.05, 0) is 31.0 Å². The zero-order chi connectivity index (χ0) is 11.7. The molecule has 2 N–H and O–H groups in total. The van der Waals surface area contributed by atoms with E-state index in [0.717, 1.165) is 28.1 Å². The number of nitrogen functional groups attached to an aromatic ring is 1. The van der Waals surface area contributed by atoms with Crippen LogP contribution in [0.4, 0.5) is 5.69 Å². The Balaban J connectivity index is 1.62. The monoisotopic (exact) mass is 247 g/mol. The SMILES string of the molecule is Nc1cccc(SCc2noc(C3CC3)n2)c1. The van der Waals surface area contributed by atoms with Crippen molar-refractivity contribution in [3.8, 4) is 0 Å². The van der Waals surface area contributed by atoms with E-state index in [0.29, 0.717) is 5.92 Å². The van der Waals surface area contributed by atoms with Gasteiger partial charge in [-0.15, -0.1) is 11.8 Å². The first-order valence-electron chi connectivity index (χ1n) is 5.62. The molecule has 1 aromatic heterocycles. The lowest BCUT2D eigenvalue weighted by Gasteiger charge is -1.99. The molecule has 1 aliphatic rings. The van der Waals surface area contributed by atoms with Crippen molar-refractivity contribution in [2.45, 2.75) is 29.4 Å². The van der Waals surface area contributed by atoms with E-state index in [1.54, 1.807) is 11.8 Å². The lowest BCUT2D eigenvalue weighted by molar-refractivity contribution is 0.375. The third-order valence-electron chi connectivity index (χ3n) is 2.64. The first-order valence-corrected chi connectivity index (χ1v) is 6.60. The summed E-state index contributed by atoms with van der Waals surface area (Å²) in [4.78, 5) is 5.51. The van der Waals surface area contributed by atoms with Gasteiger partial charge in [0.15, 0.2) is 5.82 Å². The van der Waals surface area contributed by atoms with E-state index in [1.165, 1.54) is 12.8 Å². The van der Waals surface area contributed by atoms with Crippen LogP contribution in [0, 0.1) is 0 Å². The third kappa shape index (κ3) is 2.61. The molecule has 0 atom stereocenters. The number of benzene rings is 1. The molecule has 1 saturated carbocycles. The van der Waals surface area contributed by atoms with Crippen LogP contribution in [0.1, 0.15) is 30.5 Å². The first kappa shape index (κ1) is 10.7. The van der Waals surface area contributed by atoms with Gasteiger partial charge in [-0.1, -0.05) is 11.2 Å². The van der Waals surface area contributed by atoms with Gasteiger partial charge in [0.05, 0.1) is 5.75 Å². The lowest BCUT2D eigenvalue weighted by Crippen LogP contribution is -1.87. The Kier molecular flexibility index (Phi) is 2.76. The molecule has 0 unspecified atom stereocenters. The number of anilines is 1. The van der Waals surface area contributed by atoms with Crippen molar-refractivity contribution in [1.29, 1.82) is 0 Å². The van der Waals surface area contributed by atoms with Crippen LogP contribution in [-0.2, 0) is 5.75 Å². The highest BCUT2D eigenvalue weighted by molar-refractivity contribution is 7.98. The fourth-order valence-electron chi connectivity index (χ4n) is 1.57. The summed E-state index contributed by atoms with van der Waals surface area (Å²) in [6.45, 7) is 0. The number of thioether (sulfide) groups is 1. The van der Waals surface area contributed by atoms with Crippen LogP contribution in [0.25, 0.3) is 0 Å². The molecule has 1 aromatic carbocycles. The highest BCUT2D eigenvalue weighted by Crippen LogP contribution is 2.39. The Bertz CT molecular complexity index is 522. The third-order valence-corrected chi connectivity index (χ3v) is 3.63. The molecule has 0 radical (unpaired) electrons. The van der Waals surface area contributed by atoms with Gasteiger partial charge < -0.3 is 10.3 Å². The maximum Gasteiger partial charge on any atom is 0.229 e. The summed E-state index contributed by atoms with van der Waals surface area (Å²) in [5.74, 6) is 2.81. The fourth-order valence-corrected chi connectivity index (χ4v) is 2.38. The first-order chi connectivity index (χ1) is 8.31. The van der Waals surface area contributed by atoms with E-state index in [4.69, 9.17) is 10.3 Å². The molecule has 0 aliphatic heterocycles. The molecule has 4 nitrogen and oxygen atoms in total. The van der Waals surface area contributed by atoms with Crippen LogP contribution in [-0.4, -0.2) is 10.1 Å². The van der Waals surface area contributed by atoms with Crippen LogP contribution in [0.15, 0.2) is 33.7 Å².